The quantitative estimate of drug-likeness (QED) is 0.864. The van der Waals surface area contributed by atoms with Crippen LogP contribution < -0.4 is 10.5 Å². The van der Waals surface area contributed by atoms with Crippen LogP contribution in [0.15, 0.2) is 18.2 Å². The number of carbonyl (C=O) groups excluding carboxylic acids is 1. The zero-order valence-electron chi connectivity index (χ0n) is 12.6. The second-order valence-corrected chi connectivity index (χ2v) is 5.80. The van der Waals surface area contributed by atoms with Crippen molar-refractivity contribution in [2.75, 3.05) is 25.9 Å². The molecule has 0 spiro atoms. The van der Waals surface area contributed by atoms with E-state index < -0.39 is 0 Å². The number of piperidine rings is 1. The highest BCUT2D eigenvalue weighted by Gasteiger charge is 2.27. The summed E-state index contributed by atoms with van der Waals surface area (Å²) in [5.74, 6) is 1.95. The number of hydrogen-bond acceptors (Lipinski definition) is 3. The molecule has 1 amide bonds. The van der Waals surface area contributed by atoms with E-state index in [1.54, 1.807) is 25.3 Å². The van der Waals surface area contributed by atoms with Crippen LogP contribution in [-0.2, 0) is 0 Å². The zero-order valence-corrected chi connectivity index (χ0v) is 12.6. The molecule has 20 heavy (non-hydrogen) atoms. The molecule has 0 radical (unpaired) electrons. The Balaban J connectivity index is 2.13. The molecule has 0 saturated carbocycles. The van der Waals surface area contributed by atoms with E-state index in [0.29, 0.717) is 28.8 Å². The van der Waals surface area contributed by atoms with Gasteiger partial charge in [0.15, 0.2) is 0 Å². The van der Waals surface area contributed by atoms with Crippen LogP contribution in [0.2, 0.25) is 0 Å². The van der Waals surface area contributed by atoms with Gasteiger partial charge in [-0.15, -0.1) is 0 Å². The largest absolute Gasteiger partial charge is 0.496 e. The molecular formula is C16H24N2O2. The third-order valence-electron chi connectivity index (χ3n) is 4.26. The molecule has 1 aliphatic heterocycles. The summed E-state index contributed by atoms with van der Waals surface area (Å²) in [5.41, 5.74) is 6.94. The van der Waals surface area contributed by atoms with Gasteiger partial charge in [0.25, 0.3) is 5.91 Å². The molecule has 4 nitrogen and oxygen atoms in total. The normalized spacial score (nSPS) is 16.5. The second kappa shape index (κ2) is 6.16. The van der Waals surface area contributed by atoms with Crippen molar-refractivity contribution >= 4 is 11.6 Å². The number of nitrogens with zero attached hydrogens (tertiary/aromatic N) is 1. The Morgan fingerprint density at radius 2 is 2.00 bits per heavy atom. The minimum Gasteiger partial charge on any atom is -0.496 e. The van der Waals surface area contributed by atoms with Gasteiger partial charge in [-0.1, -0.05) is 19.9 Å². The van der Waals surface area contributed by atoms with Crippen LogP contribution in [0.5, 0.6) is 5.75 Å². The Morgan fingerprint density at radius 3 is 2.55 bits per heavy atom. The molecule has 1 aromatic carbocycles. The van der Waals surface area contributed by atoms with Crippen LogP contribution in [0, 0.1) is 11.8 Å². The number of likely N-dealkylation sites (tertiary alicyclic amines) is 1. The molecule has 4 heteroatoms. The van der Waals surface area contributed by atoms with Crippen molar-refractivity contribution in [3.8, 4) is 5.75 Å². The maximum absolute atomic E-state index is 12.6. The van der Waals surface area contributed by atoms with Crippen molar-refractivity contribution < 1.29 is 9.53 Å². The minimum atomic E-state index is -0.0119. The number of anilines is 1. The van der Waals surface area contributed by atoms with Crippen LogP contribution in [-0.4, -0.2) is 31.0 Å². The Morgan fingerprint density at radius 1 is 1.35 bits per heavy atom. The van der Waals surface area contributed by atoms with Crippen molar-refractivity contribution in [2.24, 2.45) is 11.8 Å². The van der Waals surface area contributed by atoms with E-state index >= 15 is 0 Å². The average Bonchev–Trinajstić information content (AvgIpc) is 2.46. The van der Waals surface area contributed by atoms with Crippen molar-refractivity contribution in [3.63, 3.8) is 0 Å². The fourth-order valence-corrected chi connectivity index (χ4v) is 2.87. The van der Waals surface area contributed by atoms with E-state index in [-0.39, 0.29) is 5.91 Å². The molecule has 1 aliphatic rings. The first-order valence-corrected chi connectivity index (χ1v) is 7.26. The van der Waals surface area contributed by atoms with Crippen LogP contribution >= 0.6 is 0 Å². The predicted octanol–water partition coefficient (Wildman–Crippen LogP) is 2.79. The fourth-order valence-electron chi connectivity index (χ4n) is 2.87. The fraction of sp³-hybridized carbons (Fsp3) is 0.562. The highest BCUT2D eigenvalue weighted by Crippen LogP contribution is 2.29. The Labute approximate surface area is 120 Å². The third-order valence-corrected chi connectivity index (χ3v) is 4.26. The van der Waals surface area contributed by atoms with Crippen LogP contribution in [0.1, 0.15) is 37.0 Å². The summed E-state index contributed by atoms with van der Waals surface area (Å²) < 4.78 is 5.27. The molecule has 0 unspecified atom stereocenters. The van der Waals surface area contributed by atoms with E-state index in [1.165, 1.54) is 0 Å². The van der Waals surface area contributed by atoms with Gasteiger partial charge in [0, 0.05) is 18.8 Å². The molecule has 1 aromatic rings. The summed E-state index contributed by atoms with van der Waals surface area (Å²) in [5, 5.41) is 0. The first-order valence-electron chi connectivity index (χ1n) is 7.26. The third kappa shape index (κ3) is 2.89. The number of nitrogen functional groups attached to an aromatic ring is 1. The number of ether oxygens (including phenoxy) is 1. The molecule has 1 saturated heterocycles. The smallest absolute Gasteiger partial charge is 0.259 e. The van der Waals surface area contributed by atoms with Gasteiger partial charge >= 0.3 is 0 Å². The van der Waals surface area contributed by atoms with E-state index in [2.05, 4.69) is 13.8 Å². The number of hydrogen-bond donors (Lipinski definition) is 1. The lowest BCUT2D eigenvalue weighted by Crippen LogP contribution is -2.39. The van der Waals surface area contributed by atoms with Gasteiger partial charge < -0.3 is 15.4 Å². The van der Waals surface area contributed by atoms with E-state index in [1.807, 2.05) is 4.90 Å². The number of nitrogens with two attached hydrogens (primary N) is 1. The van der Waals surface area contributed by atoms with E-state index in [4.69, 9.17) is 10.5 Å². The highest BCUT2D eigenvalue weighted by molar-refractivity contribution is 6.01. The monoisotopic (exact) mass is 276 g/mol. The lowest BCUT2D eigenvalue weighted by Gasteiger charge is -2.34. The summed E-state index contributed by atoms with van der Waals surface area (Å²) in [7, 11) is 1.57. The van der Waals surface area contributed by atoms with Gasteiger partial charge in [-0.05, 0) is 36.8 Å². The molecule has 0 bridgehead atoms. The lowest BCUT2D eigenvalue weighted by molar-refractivity contribution is 0.0665. The van der Waals surface area contributed by atoms with Crippen molar-refractivity contribution in [3.05, 3.63) is 23.8 Å². The number of methoxy groups -OCH3 is 1. The lowest BCUT2D eigenvalue weighted by atomic mass is 9.86. The standard InChI is InChI=1S/C16H24N2O2/c1-11(2)12-7-9-18(10-8-12)16(19)15-13(17)5-4-6-14(15)20-3/h4-6,11-12H,7-10,17H2,1-3H3. The number of rotatable bonds is 3. The molecule has 1 heterocycles. The SMILES string of the molecule is COc1cccc(N)c1C(=O)N1CCC(C(C)C)CC1. The Hall–Kier alpha value is -1.71. The summed E-state index contributed by atoms with van der Waals surface area (Å²) in [6.45, 7) is 6.11. The summed E-state index contributed by atoms with van der Waals surface area (Å²) in [6.07, 6.45) is 2.14. The average molecular weight is 276 g/mol. The van der Waals surface area contributed by atoms with E-state index in [9.17, 15) is 4.79 Å². The molecular weight excluding hydrogens is 252 g/mol. The van der Waals surface area contributed by atoms with Gasteiger partial charge in [0.2, 0.25) is 0 Å². The summed E-state index contributed by atoms with van der Waals surface area (Å²) in [4.78, 5) is 14.5. The van der Waals surface area contributed by atoms with Gasteiger partial charge in [0.1, 0.15) is 11.3 Å². The first-order chi connectivity index (χ1) is 9.54. The molecule has 0 atom stereocenters. The van der Waals surface area contributed by atoms with E-state index in [0.717, 1.165) is 25.9 Å². The first kappa shape index (κ1) is 14.7. The zero-order chi connectivity index (χ0) is 14.7. The Bertz CT molecular complexity index is 477. The van der Waals surface area contributed by atoms with Crippen molar-refractivity contribution in [2.45, 2.75) is 26.7 Å². The van der Waals surface area contributed by atoms with Gasteiger partial charge in [0.05, 0.1) is 7.11 Å². The Kier molecular flexibility index (Phi) is 4.53. The molecule has 2 N–H and O–H groups in total. The molecule has 1 fully saturated rings. The number of amides is 1. The second-order valence-electron chi connectivity index (χ2n) is 5.80. The summed E-state index contributed by atoms with van der Waals surface area (Å²) >= 11 is 0. The van der Waals surface area contributed by atoms with Gasteiger partial charge in [-0.3, -0.25) is 4.79 Å². The van der Waals surface area contributed by atoms with Crippen molar-refractivity contribution in [1.82, 2.24) is 4.90 Å². The molecule has 0 aliphatic carbocycles. The van der Waals surface area contributed by atoms with Crippen LogP contribution in [0.3, 0.4) is 0 Å². The van der Waals surface area contributed by atoms with Crippen LogP contribution in [0.4, 0.5) is 5.69 Å². The number of benzene rings is 1. The molecule has 0 aromatic heterocycles. The summed E-state index contributed by atoms with van der Waals surface area (Å²) in [6, 6.07) is 5.33. The van der Waals surface area contributed by atoms with Crippen molar-refractivity contribution in [1.29, 1.82) is 0 Å². The molecule has 110 valence electrons. The topological polar surface area (TPSA) is 55.6 Å². The van der Waals surface area contributed by atoms with Gasteiger partial charge in [-0.2, -0.15) is 0 Å². The molecule has 2 rings (SSSR count). The van der Waals surface area contributed by atoms with Crippen LogP contribution in [0.25, 0.3) is 0 Å². The van der Waals surface area contributed by atoms with Gasteiger partial charge in [-0.25, -0.2) is 0 Å². The predicted molar refractivity (Wildman–Crippen MR) is 80.9 cm³/mol. The maximum Gasteiger partial charge on any atom is 0.259 e. The minimum absolute atomic E-state index is 0.0119. The maximum atomic E-state index is 12.6. The number of carbonyl (C=O) groups is 1. The highest BCUT2D eigenvalue weighted by atomic mass is 16.5.